The molecule has 1 aliphatic heterocycles. The van der Waals surface area contributed by atoms with Crippen LogP contribution in [0.5, 0.6) is 0 Å². The molecule has 0 aromatic carbocycles. The summed E-state index contributed by atoms with van der Waals surface area (Å²) in [6.45, 7) is 1.56. The molecule has 1 saturated heterocycles. The molecule has 0 bridgehead atoms. The van der Waals surface area contributed by atoms with Gasteiger partial charge in [-0.3, -0.25) is 0 Å². The molecule has 10 atom stereocenters. The molecule has 0 aromatic heterocycles. The molecule has 2 heteroatoms. The van der Waals surface area contributed by atoms with Crippen molar-refractivity contribution >= 4 is 0 Å². The molecule has 0 unspecified atom stereocenters. The molecule has 1 N–H and O–H groups in total. The lowest BCUT2D eigenvalue weighted by atomic mass is 9.44. The second kappa shape index (κ2) is 6.96. The van der Waals surface area contributed by atoms with Gasteiger partial charge in [-0.1, -0.05) is 53.7 Å². The molecule has 29 heavy (non-hydrogen) atoms. The van der Waals surface area contributed by atoms with E-state index in [2.05, 4.69) is 20.8 Å². The van der Waals surface area contributed by atoms with E-state index in [1.54, 1.807) is 0 Å². The quantitative estimate of drug-likeness (QED) is 0.519. The van der Waals surface area contributed by atoms with Crippen LogP contribution in [0.3, 0.4) is 0 Å². The number of aliphatic hydroxyl groups excluding tert-OH is 1. The van der Waals surface area contributed by atoms with Crippen LogP contribution >= 0.6 is 0 Å². The van der Waals surface area contributed by atoms with Crippen molar-refractivity contribution in [1.29, 1.82) is 0 Å². The number of hydrogen-bond acceptors (Lipinski definition) is 2. The summed E-state index contributed by atoms with van der Waals surface area (Å²) in [6.07, 6.45) is 9.95. The van der Waals surface area contributed by atoms with Crippen LogP contribution < -0.4 is 0 Å². The van der Waals surface area contributed by atoms with E-state index >= 15 is 0 Å². The van der Waals surface area contributed by atoms with E-state index in [1.165, 1.54) is 25.7 Å². The van der Waals surface area contributed by atoms with Gasteiger partial charge in [0.15, 0.2) is 0 Å². The lowest BCUT2D eigenvalue weighted by molar-refractivity contribution is -0.116. The molecule has 5 aliphatic rings. The minimum Gasteiger partial charge on any atom is -0.393 e. The maximum absolute atomic E-state index is 10.4. The summed E-state index contributed by atoms with van der Waals surface area (Å²) in [6, 6.07) is 0. The molecule has 5 fully saturated rings. The van der Waals surface area contributed by atoms with Crippen LogP contribution in [0.1, 0.15) is 115 Å². The summed E-state index contributed by atoms with van der Waals surface area (Å²) in [5, 5.41) is 10.4. The predicted octanol–water partition coefficient (Wildman–Crippen LogP) is 6.60. The number of rotatable bonds is 5. The molecule has 5 rings (SSSR count). The van der Waals surface area contributed by atoms with Crippen molar-refractivity contribution in [1.82, 2.24) is 0 Å². The van der Waals surface area contributed by atoms with Crippen LogP contribution in [0.2, 0.25) is 0 Å². The fraction of sp³-hybridized carbons (Fsp3) is 1.00. The van der Waals surface area contributed by atoms with E-state index in [-0.39, 0.29) is 29.0 Å². The van der Waals surface area contributed by atoms with E-state index in [9.17, 15) is 5.11 Å². The Labute approximate surface area is 189 Å². The van der Waals surface area contributed by atoms with Crippen molar-refractivity contribution in [2.24, 2.45) is 46.3 Å². The minimum atomic E-state index is -2.82. The molecule has 0 aromatic rings. The fourth-order valence-electron chi connectivity index (χ4n) is 9.43. The molecule has 2 nitrogen and oxygen atoms in total. The van der Waals surface area contributed by atoms with Crippen molar-refractivity contribution in [3.8, 4) is 0 Å². The second-order valence-corrected chi connectivity index (χ2v) is 12.0. The van der Waals surface area contributed by atoms with Gasteiger partial charge in [0.05, 0.1) is 12.2 Å². The Bertz CT molecular complexity index is 844. The molecular weight excluding hydrogens is 356 g/mol. The van der Waals surface area contributed by atoms with Crippen LogP contribution in [0, 0.1) is 46.3 Å². The van der Waals surface area contributed by atoms with Crippen LogP contribution in [0.4, 0.5) is 0 Å². The minimum absolute atomic E-state index is 0.0842. The third kappa shape index (κ3) is 2.94. The Morgan fingerprint density at radius 3 is 2.72 bits per heavy atom. The van der Waals surface area contributed by atoms with Crippen LogP contribution in [0.15, 0.2) is 0 Å². The third-order valence-electron chi connectivity index (χ3n) is 10.9. The Kier molecular flexibility index (Phi) is 3.39. The van der Waals surface area contributed by atoms with Crippen molar-refractivity contribution in [2.45, 2.75) is 123 Å². The van der Waals surface area contributed by atoms with Crippen molar-refractivity contribution < 1.29 is 19.4 Å². The van der Waals surface area contributed by atoms with Crippen LogP contribution in [-0.2, 0) is 4.74 Å². The van der Waals surface area contributed by atoms with E-state index in [0.29, 0.717) is 42.1 Å². The average Bonchev–Trinajstić information content (AvgIpc) is 3.33. The third-order valence-corrected chi connectivity index (χ3v) is 10.9. The first-order valence-electron chi connectivity index (χ1n) is 15.9. The first kappa shape index (κ1) is 14.1. The lowest BCUT2D eigenvalue weighted by Crippen LogP contribution is -2.58. The maximum Gasteiger partial charge on any atom is 0.103 e. The van der Waals surface area contributed by atoms with Gasteiger partial charge in [0, 0.05) is 21.4 Å². The smallest absolute Gasteiger partial charge is 0.103 e. The van der Waals surface area contributed by atoms with Crippen molar-refractivity contribution in [2.75, 3.05) is 0 Å². The molecule has 1 spiro atoms. The number of aliphatic hydroxyl groups is 1. The zero-order chi connectivity index (χ0) is 26.5. The Balaban J connectivity index is 1.26. The first-order valence-corrected chi connectivity index (χ1v) is 12.4. The highest BCUT2D eigenvalue weighted by molar-refractivity contribution is 5.24. The highest BCUT2D eigenvalue weighted by atomic mass is 16.6. The van der Waals surface area contributed by atoms with Gasteiger partial charge in [0.1, 0.15) is 5.60 Å². The van der Waals surface area contributed by atoms with Gasteiger partial charge in [0.2, 0.25) is 0 Å². The monoisotopic (exact) mass is 409 g/mol. The lowest BCUT2D eigenvalue weighted by Gasteiger charge is -2.59. The number of ether oxygens (including phenoxy) is 1. The summed E-state index contributed by atoms with van der Waals surface area (Å²) in [5.74, 6) is 0.551. The molecule has 4 aliphatic carbocycles. The van der Waals surface area contributed by atoms with E-state index in [4.69, 9.17) is 14.3 Å². The van der Waals surface area contributed by atoms with Crippen LogP contribution in [0.25, 0.3) is 0 Å². The van der Waals surface area contributed by atoms with Crippen molar-refractivity contribution in [3.05, 3.63) is 0 Å². The summed E-state index contributed by atoms with van der Waals surface area (Å²) in [5.41, 5.74) is 0.345. The second-order valence-electron chi connectivity index (χ2n) is 12.0. The molecule has 0 amide bonds. The number of hydrogen-bond donors (Lipinski definition) is 1. The molecule has 1 heterocycles. The largest absolute Gasteiger partial charge is 0.393 e. The number of fused-ring (bicyclic) bond motifs is 4. The molecule has 166 valence electrons. The maximum atomic E-state index is 10.4. The summed E-state index contributed by atoms with van der Waals surface area (Å²) in [7, 11) is 0. The van der Waals surface area contributed by atoms with Gasteiger partial charge >= 0.3 is 0 Å². The van der Waals surface area contributed by atoms with Crippen molar-refractivity contribution in [3.63, 3.8) is 0 Å². The van der Waals surface area contributed by atoms with Gasteiger partial charge in [-0.25, -0.2) is 0 Å². The summed E-state index contributed by atoms with van der Waals surface area (Å²) >= 11 is 0. The highest BCUT2D eigenvalue weighted by Gasteiger charge is 2.76. The summed E-state index contributed by atoms with van der Waals surface area (Å²) in [4.78, 5) is 0. The molecule has 4 saturated carbocycles. The van der Waals surface area contributed by atoms with Gasteiger partial charge in [-0.05, 0) is 85.8 Å². The Morgan fingerprint density at radius 2 is 1.93 bits per heavy atom. The predicted molar refractivity (Wildman–Crippen MR) is 119 cm³/mol. The van der Waals surface area contributed by atoms with Crippen LogP contribution in [-0.4, -0.2) is 22.9 Å². The Morgan fingerprint density at radius 1 is 1.10 bits per heavy atom. The van der Waals surface area contributed by atoms with E-state index in [1.807, 2.05) is 0 Å². The van der Waals surface area contributed by atoms with Gasteiger partial charge in [-0.15, -0.1) is 0 Å². The normalized spacial score (nSPS) is 59.1. The van der Waals surface area contributed by atoms with Gasteiger partial charge < -0.3 is 9.84 Å². The SMILES string of the molecule is [2H]C([2H])([2H])C([2H])(CCC[C@@H](C)[C@H]1CC[C@H]2[C@@H]3C[C@@H]4O[C@@]45C[C@@H](O)CC[C@]5(C)[C@H]3CC[C@]12C)C([2H])([2H])[2H]. The fourth-order valence-corrected chi connectivity index (χ4v) is 9.43. The van der Waals surface area contributed by atoms with Gasteiger partial charge in [-0.2, -0.15) is 0 Å². The number of epoxide rings is 1. The first-order chi connectivity index (χ1) is 16.5. The van der Waals surface area contributed by atoms with Gasteiger partial charge in [0.25, 0.3) is 0 Å². The topological polar surface area (TPSA) is 32.8 Å². The molecule has 0 radical (unpaired) electrons. The highest BCUT2D eigenvalue weighted by Crippen LogP contribution is 2.74. The standard InChI is InChI=1S/C27H46O2/c1-17(2)7-6-8-18(3)21-9-10-22-20-15-24-27(29-24)16-19(28)11-14-26(27,5)23(20)12-13-25(21,22)4/h17-24,28H,6-16H2,1-5H3/t18-,19+,20+,21-,22+,23+,24+,25-,26-,27+/m1/s1/i1D3,2D3,17D. The van der Waals surface area contributed by atoms with E-state index in [0.717, 1.165) is 32.1 Å². The zero-order valence-electron chi connectivity index (χ0n) is 25.7. The average molecular weight is 410 g/mol. The molecular formula is C27H46O2. The summed E-state index contributed by atoms with van der Waals surface area (Å²) < 4.78 is 61.0. The van der Waals surface area contributed by atoms with E-state index < -0.39 is 19.6 Å². The zero-order valence-corrected chi connectivity index (χ0v) is 18.7. The Hall–Kier alpha value is -0.0800.